The minimum Gasteiger partial charge on any atom is -0.616 e. The molecule has 2 unspecified atom stereocenters. The topological polar surface area (TPSA) is 119 Å². The second kappa shape index (κ2) is 6.89. The quantitative estimate of drug-likeness (QED) is 0.437. The van der Waals surface area contributed by atoms with Gasteiger partial charge in [-0.2, -0.15) is 4.31 Å². The van der Waals surface area contributed by atoms with Gasteiger partial charge in [0.05, 0.1) is 18.6 Å². The summed E-state index contributed by atoms with van der Waals surface area (Å²) in [4.78, 5) is 12.1. The van der Waals surface area contributed by atoms with Crippen molar-refractivity contribution in [2.24, 2.45) is 0 Å². The number of sulfonamides is 1. The van der Waals surface area contributed by atoms with Crippen molar-refractivity contribution in [3.05, 3.63) is 24.3 Å². The normalized spacial score (nSPS) is 24.4. The molecule has 1 fully saturated rings. The summed E-state index contributed by atoms with van der Waals surface area (Å²) in [5, 5.41) is 8.99. The van der Waals surface area contributed by atoms with Gasteiger partial charge in [0, 0.05) is 0 Å². The molecule has 2 rings (SSSR count). The monoisotopic (exact) mass is 376 g/mol. The summed E-state index contributed by atoms with van der Waals surface area (Å²) >= 11 is -1.42. The highest BCUT2D eigenvalue weighted by atomic mass is 32.2. The van der Waals surface area contributed by atoms with Crippen LogP contribution in [0, 0.1) is 0 Å². The standard InChI is InChI=1S/C14H20N2O6S2/c1-14(2)12(13(17)15-18)16(8-9-23(14)19)24(20,21)11-6-4-10(22-3)5-7-11/h4-7,12,18H,8-9H2,1-3H3,(H,15,17). The fourth-order valence-corrected chi connectivity index (χ4v) is 5.96. The van der Waals surface area contributed by atoms with Crippen molar-refractivity contribution in [2.75, 3.05) is 19.4 Å². The third kappa shape index (κ3) is 3.24. The Morgan fingerprint density at radius 1 is 1.42 bits per heavy atom. The van der Waals surface area contributed by atoms with Crippen LogP contribution in [-0.4, -0.2) is 58.6 Å². The molecule has 1 aromatic carbocycles. The maximum absolute atomic E-state index is 12.9. The van der Waals surface area contributed by atoms with Crippen molar-refractivity contribution in [1.82, 2.24) is 9.79 Å². The Labute approximate surface area is 144 Å². The first-order valence-corrected chi connectivity index (χ1v) is 9.90. The number of carbonyl (C=O) groups excluding carboxylic acids is 1. The summed E-state index contributed by atoms with van der Waals surface area (Å²) in [5.74, 6) is -0.304. The van der Waals surface area contributed by atoms with Crippen LogP contribution in [0.1, 0.15) is 13.8 Å². The number of nitrogens with one attached hydrogen (secondary N) is 1. The van der Waals surface area contributed by atoms with E-state index in [1.807, 2.05) is 0 Å². The van der Waals surface area contributed by atoms with Gasteiger partial charge in [-0.25, -0.2) is 13.9 Å². The average molecular weight is 376 g/mol. The molecule has 0 bridgehead atoms. The summed E-state index contributed by atoms with van der Waals surface area (Å²) in [7, 11) is -2.55. The van der Waals surface area contributed by atoms with E-state index < -0.39 is 37.9 Å². The molecule has 0 saturated carbocycles. The van der Waals surface area contributed by atoms with Gasteiger partial charge in [-0.1, -0.05) is 0 Å². The summed E-state index contributed by atoms with van der Waals surface area (Å²) in [6.45, 7) is 3.00. The third-order valence-electron chi connectivity index (χ3n) is 4.05. The number of rotatable bonds is 4. The van der Waals surface area contributed by atoms with Crippen LogP contribution in [0.3, 0.4) is 0 Å². The first-order chi connectivity index (χ1) is 11.2. The van der Waals surface area contributed by atoms with E-state index in [9.17, 15) is 17.8 Å². The molecule has 2 N–H and O–H groups in total. The zero-order valence-electron chi connectivity index (χ0n) is 13.6. The molecule has 0 radical (unpaired) electrons. The molecule has 134 valence electrons. The Balaban J connectivity index is 2.47. The molecule has 0 spiro atoms. The van der Waals surface area contributed by atoms with Gasteiger partial charge >= 0.3 is 0 Å². The van der Waals surface area contributed by atoms with E-state index in [1.54, 1.807) is 13.8 Å². The van der Waals surface area contributed by atoms with Crippen LogP contribution < -0.4 is 10.2 Å². The van der Waals surface area contributed by atoms with E-state index in [2.05, 4.69) is 0 Å². The molecule has 1 aromatic rings. The highest BCUT2D eigenvalue weighted by molar-refractivity contribution is 7.93. The van der Waals surface area contributed by atoms with Gasteiger partial charge in [0.25, 0.3) is 5.91 Å². The Hall–Kier alpha value is -1.33. The largest absolute Gasteiger partial charge is 0.616 e. The van der Waals surface area contributed by atoms with Crippen molar-refractivity contribution in [1.29, 1.82) is 0 Å². The maximum Gasteiger partial charge on any atom is 0.267 e. The number of amides is 1. The summed E-state index contributed by atoms with van der Waals surface area (Å²) in [6, 6.07) is 4.47. The molecular weight excluding hydrogens is 356 g/mol. The van der Waals surface area contributed by atoms with E-state index in [0.29, 0.717) is 5.75 Å². The van der Waals surface area contributed by atoms with E-state index in [-0.39, 0.29) is 17.2 Å². The van der Waals surface area contributed by atoms with Gasteiger partial charge in [-0.15, -0.1) is 0 Å². The second-order valence-corrected chi connectivity index (χ2v) is 9.87. The van der Waals surface area contributed by atoms with Crippen LogP contribution in [0.2, 0.25) is 0 Å². The average Bonchev–Trinajstić information content (AvgIpc) is 2.56. The fraction of sp³-hybridized carbons (Fsp3) is 0.500. The Kier molecular flexibility index (Phi) is 5.45. The van der Waals surface area contributed by atoms with Gasteiger partial charge < -0.3 is 9.29 Å². The lowest BCUT2D eigenvalue weighted by molar-refractivity contribution is -0.134. The SMILES string of the molecule is COc1ccc(S(=O)(=O)N2CC[S+]([O-])C(C)(C)C2C(=O)NO)cc1. The molecule has 0 aliphatic carbocycles. The number of nitrogens with zero attached hydrogens (tertiary/aromatic N) is 1. The highest BCUT2D eigenvalue weighted by Crippen LogP contribution is 2.34. The molecule has 10 heteroatoms. The van der Waals surface area contributed by atoms with Gasteiger partial charge in [0.1, 0.15) is 16.2 Å². The third-order valence-corrected chi connectivity index (χ3v) is 7.88. The lowest BCUT2D eigenvalue weighted by Crippen LogP contribution is -2.66. The minimum atomic E-state index is -4.01. The highest BCUT2D eigenvalue weighted by Gasteiger charge is 2.55. The van der Waals surface area contributed by atoms with E-state index in [4.69, 9.17) is 9.94 Å². The first kappa shape index (κ1) is 19.0. The predicted molar refractivity (Wildman–Crippen MR) is 87.7 cm³/mol. The zero-order valence-corrected chi connectivity index (χ0v) is 15.2. The molecule has 1 amide bonds. The molecule has 1 aliphatic rings. The number of benzene rings is 1. The predicted octanol–water partition coefficient (Wildman–Crippen LogP) is 0.101. The van der Waals surface area contributed by atoms with Gasteiger partial charge in [0.2, 0.25) is 10.0 Å². The fourth-order valence-electron chi connectivity index (χ4n) is 2.69. The number of carbonyl (C=O) groups is 1. The molecular formula is C14H20N2O6S2. The van der Waals surface area contributed by atoms with Crippen LogP contribution in [0.5, 0.6) is 5.75 Å². The molecule has 1 aliphatic heterocycles. The summed E-state index contributed by atoms with van der Waals surface area (Å²) in [5.41, 5.74) is 1.48. The molecule has 24 heavy (non-hydrogen) atoms. The van der Waals surface area contributed by atoms with Crippen molar-refractivity contribution in [3.8, 4) is 5.75 Å². The molecule has 8 nitrogen and oxygen atoms in total. The van der Waals surface area contributed by atoms with Crippen molar-refractivity contribution in [3.63, 3.8) is 0 Å². The zero-order chi connectivity index (χ0) is 18.1. The van der Waals surface area contributed by atoms with E-state index in [1.165, 1.54) is 36.9 Å². The maximum atomic E-state index is 12.9. The summed E-state index contributed by atoms with van der Waals surface area (Å²) < 4.78 is 43.0. The number of ether oxygens (including phenoxy) is 1. The van der Waals surface area contributed by atoms with Crippen LogP contribution >= 0.6 is 0 Å². The first-order valence-electron chi connectivity index (χ1n) is 7.14. The van der Waals surface area contributed by atoms with Gasteiger partial charge in [-0.3, -0.25) is 10.0 Å². The lowest BCUT2D eigenvalue weighted by atomic mass is 10.0. The van der Waals surface area contributed by atoms with Crippen LogP contribution in [-0.2, 0) is 26.0 Å². The Bertz CT molecular complexity index is 704. The van der Waals surface area contributed by atoms with E-state index in [0.717, 1.165) is 4.31 Å². The number of hydroxylamine groups is 1. The molecule has 2 atom stereocenters. The van der Waals surface area contributed by atoms with Gasteiger partial charge in [0.15, 0.2) is 6.04 Å². The number of hydrogen-bond donors (Lipinski definition) is 2. The molecule has 1 heterocycles. The molecule has 1 saturated heterocycles. The van der Waals surface area contributed by atoms with Crippen LogP contribution in [0.4, 0.5) is 0 Å². The Morgan fingerprint density at radius 2 is 2.00 bits per heavy atom. The van der Waals surface area contributed by atoms with Crippen molar-refractivity contribution >= 4 is 27.1 Å². The summed E-state index contributed by atoms with van der Waals surface area (Å²) in [6.07, 6.45) is 0. The number of hydrogen-bond acceptors (Lipinski definition) is 6. The van der Waals surface area contributed by atoms with Gasteiger partial charge in [-0.05, 0) is 49.3 Å². The van der Waals surface area contributed by atoms with E-state index >= 15 is 0 Å². The van der Waals surface area contributed by atoms with Crippen molar-refractivity contribution in [2.45, 2.75) is 29.5 Å². The minimum absolute atomic E-state index is 0.0116. The van der Waals surface area contributed by atoms with Crippen LogP contribution in [0.15, 0.2) is 29.2 Å². The lowest BCUT2D eigenvalue weighted by Gasteiger charge is -2.44. The number of methoxy groups -OCH3 is 1. The smallest absolute Gasteiger partial charge is 0.267 e. The second-order valence-electron chi connectivity index (χ2n) is 5.82. The Morgan fingerprint density at radius 3 is 2.50 bits per heavy atom. The molecule has 0 aromatic heterocycles. The van der Waals surface area contributed by atoms with Crippen LogP contribution in [0.25, 0.3) is 0 Å². The van der Waals surface area contributed by atoms with Crippen molar-refractivity contribution < 1.29 is 27.7 Å².